The zero-order valence-corrected chi connectivity index (χ0v) is 15.9. The molecule has 1 aromatic heterocycles. The molecule has 0 aliphatic carbocycles. The van der Waals surface area contributed by atoms with E-state index in [1.54, 1.807) is 18.2 Å². The number of ether oxygens (including phenoxy) is 2. The van der Waals surface area contributed by atoms with E-state index in [4.69, 9.17) is 9.47 Å². The number of methoxy groups -OCH3 is 2. The Morgan fingerprint density at radius 3 is 2.40 bits per heavy atom. The van der Waals surface area contributed by atoms with Crippen molar-refractivity contribution in [1.82, 2.24) is 15.6 Å². The number of H-pyrrole nitrogens is 1. The Balaban J connectivity index is 1.66. The molecule has 30 heavy (non-hydrogen) atoms. The van der Waals surface area contributed by atoms with Crippen molar-refractivity contribution in [3.63, 3.8) is 0 Å². The normalized spacial score (nSPS) is 11.5. The number of alkyl halides is 3. The third kappa shape index (κ3) is 4.77. The Labute approximate surface area is 169 Å². The van der Waals surface area contributed by atoms with E-state index in [1.807, 2.05) is 0 Å². The summed E-state index contributed by atoms with van der Waals surface area (Å²) < 4.78 is 48.1. The van der Waals surface area contributed by atoms with Crippen molar-refractivity contribution in [2.45, 2.75) is 6.18 Å². The van der Waals surface area contributed by atoms with Gasteiger partial charge in [0.25, 0.3) is 5.91 Å². The number of carbonyl (C=O) groups excluding carboxylic acids is 1. The zero-order chi connectivity index (χ0) is 21.7. The lowest BCUT2D eigenvalue weighted by molar-refractivity contribution is -0.137. The maximum atomic E-state index is 12.6. The van der Waals surface area contributed by atoms with Gasteiger partial charge >= 0.3 is 6.18 Å². The van der Waals surface area contributed by atoms with Crippen LogP contribution in [0.3, 0.4) is 0 Å². The van der Waals surface area contributed by atoms with E-state index < -0.39 is 17.6 Å². The first-order chi connectivity index (χ1) is 14.3. The van der Waals surface area contributed by atoms with Gasteiger partial charge in [-0.1, -0.05) is 12.1 Å². The van der Waals surface area contributed by atoms with Crippen LogP contribution in [-0.2, 0) is 6.18 Å². The SMILES string of the molecule is COc1ccc(-c2cc(C(=O)N/N=C\c3ccc(C(F)(F)F)cc3)[nH]n2)cc1OC. The fraction of sp³-hybridized carbons (Fsp3) is 0.150. The Morgan fingerprint density at radius 1 is 1.07 bits per heavy atom. The van der Waals surface area contributed by atoms with Crippen LogP contribution in [0.4, 0.5) is 13.2 Å². The summed E-state index contributed by atoms with van der Waals surface area (Å²) >= 11 is 0. The molecule has 2 aromatic carbocycles. The molecule has 7 nitrogen and oxygen atoms in total. The molecule has 2 N–H and O–H groups in total. The van der Waals surface area contributed by atoms with Crippen molar-refractivity contribution >= 4 is 12.1 Å². The number of nitrogens with one attached hydrogen (secondary N) is 2. The van der Waals surface area contributed by atoms with Crippen LogP contribution in [0.2, 0.25) is 0 Å². The Kier molecular flexibility index (Phi) is 6.05. The topological polar surface area (TPSA) is 88.6 Å². The van der Waals surface area contributed by atoms with Gasteiger partial charge in [0.2, 0.25) is 0 Å². The van der Waals surface area contributed by atoms with E-state index in [9.17, 15) is 18.0 Å². The van der Waals surface area contributed by atoms with Crippen molar-refractivity contribution in [2.75, 3.05) is 14.2 Å². The molecule has 10 heteroatoms. The van der Waals surface area contributed by atoms with Crippen LogP contribution < -0.4 is 14.9 Å². The third-order valence-corrected chi connectivity index (χ3v) is 4.12. The first-order valence-electron chi connectivity index (χ1n) is 8.60. The molecule has 0 bridgehead atoms. The highest BCUT2D eigenvalue weighted by Crippen LogP contribution is 2.31. The summed E-state index contributed by atoms with van der Waals surface area (Å²) in [7, 11) is 3.04. The fourth-order valence-electron chi connectivity index (χ4n) is 2.57. The van der Waals surface area contributed by atoms with E-state index >= 15 is 0 Å². The van der Waals surface area contributed by atoms with Gasteiger partial charge in [0, 0.05) is 5.56 Å². The third-order valence-electron chi connectivity index (χ3n) is 4.12. The molecule has 0 aliphatic heterocycles. The number of aromatic amines is 1. The van der Waals surface area contributed by atoms with E-state index in [2.05, 4.69) is 20.7 Å². The number of nitrogens with zero attached hydrogens (tertiary/aromatic N) is 2. The minimum Gasteiger partial charge on any atom is -0.493 e. The lowest BCUT2D eigenvalue weighted by atomic mass is 10.1. The number of hydrogen-bond donors (Lipinski definition) is 2. The van der Waals surface area contributed by atoms with Crippen LogP contribution in [0, 0.1) is 0 Å². The van der Waals surface area contributed by atoms with Gasteiger partial charge in [-0.3, -0.25) is 9.89 Å². The maximum absolute atomic E-state index is 12.6. The predicted molar refractivity (Wildman–Crippen MR) is 104 cm³/mol. The van der Waals surface area contributed by atoms with E-state index in [0.29, 0.717) is 28.3 Å². The molecular formula is C20H17F3N4O3. The van der Waals surface area contributed by atoms with Gasteiger partial charge in [-0.2, -0.15) is 23.4 Å². The molecule has 0 saturated carbocycles. The lowest BCUT2D eigenvalue weighted by Crippen LogP contribution is -2.18. The lowest BCUT2D eigenvalue weighted by Gasteiger charge is -2.08. The van der Waals surface area contributed by atoms with Gasteiger partial charge in [-0.25, -0.2) is 5.43 Å². The number of hydrazone groups is 1. The molecule has 0 spiro atoms. The minimum atomic E-state index is -4.41. The number of benzene rings is 2. The largest absolute Gasteiger partial charge is 0.493 e. The molecule has 0 saturated heterocycles. The summed E-state index contributed by atoms with van der Waals surface area (Å²) in [5, 5.41) is 10.5. The van der Waals surface area contributed by atoms with Crippen LogP contribution in [0.1, 0.15) is 21.6 Å². The Hall–Kier alpha value is -3.82. The minimum absolute atomic E-state index is 0.157. The summed E-state index contributed by atoms with van der Waals surface area (Å²) in [6, 6.07) is 11.1. The number of halogens is 3. The number of rotatable bonds is 6. The van der Waals surface area contributed by atoms with Crippen molar-refractivity contribution in [1.29, 1.82) is 0 Å². The molecular weight excluding hydrogens is 401 g/mol. The van der Waals surface area contributed by atoms with E-state index in [-0.39, 0.29) is 5.69 Å². The monoisotopic (exact) mass is 418 g/mol. The standard InChI is InChI=1S/C20H17F3N4O3/c1-29-17-8-5-13(9-18(17)30-2)15-10-16(26-25-15)19(28)27-24-11-12-3-6-14(7-4-12)20(21,22)23/h3-11H,1-2H3,(H,25,26)(H,27,28)/b24-11-. The average molecular weight is 418 g/mol. The van der Waals surface area contributed by atoms with E-state index in [0.717, 1.165) is 12.1 Å². The number of hydrogen-bond acceptors (Lipinski definition) is 5. The second-order valence-corrected chi connectivity index (χ2v) is 6.06. The second-order valence-electron chi connectivity index (χ2n) is 6.06. The number of amides is 1. The smallest absolute Gasteiger partial charge is 0.416 e. The van der Waals surface area contributed by atoms with Crippen LogP contribution in [0.15, 0.2) is 53.6 Å². The average Bonchev–Trinajstić information content (AvgIpc) is 3.23. The molecule has 1 amide bonds. The van der Waals surface area contributed by atoms with Gasteiger partial charge in [0.1, 0.15) is 5.69 Å². The number of carbonyl (C=O) groups is 1. The first kappa shape index (κ1) is 20.9. The fourth-order valence-corrected chi connectivity index (χ4v) is 2.57. The van der Waals surface area contributed by atoms with Crippen LogP contribution in [0.25, 0.3) is 11.3 Å². The highest BCUT2D eigenvalue weighted by atomic mass is 19.4. The van der Waals surface area contributed by atoms with Crippen molar-refractivity contribution < 1.29 is 27.4 Å². The highest BCUT2D eigenvalue weighted by molar-refractivity contribution is 5.94. The molecule has 3 aromatic rings. The van der Waals surface area contributed by atoms with Gasteiger partial charge < -0.3 is 9.47 Å². The van der Waals surface area contributed by atoms with Crippen LogP contribution >= 0.6 is 0 Å². The zero-order valence-electron chi connectivity index (χ0n) is 15.9. The molecule has 0 fully saturated rings. The summed E-state index contributed by atoms with van der Waals surface area (Å²) in [5.74, 6) is 0.523. The number of aromatic nitrogens is 2. The Bertz CT molecular complexity index is 1060. The quantitative estimate of drug-likeness (QED) is 0.470. The summed E-state index contributed by atoms with van der Waals surface area (Å²) in [6.07, 6.45) is -3.17. The molecule has 3 rings (SSSR count). The molecule has 1 heterocycles. The van der Waals surface area contributed by atoms with Crippen LogP contribution in [-0.4, -0.2) is 36.5 Å². The van der Waals surface area contributed by atoms with Crippen molar-refractivity contribution in [2.24, 2.45) is 5.10 Å². The molecule has 0 aliphatic rings. The van der Waals surface area contributed by atoms with Gasteiger partial charge in [0.15, 0.2) is 11.5 Å². The summed E-state index contributed by atoms with van der Waals surface area (Å²) in [6.45, 7) is 0. The highest BCUT2D eigenvalue weighted by Gasteiger charge is 2.29. The first-order valence-corrected chi connectivity index (χ1v) is 8.60. The molecule has 0 radical (unpaired) electrons. The predicted octanol–water partition coefficient (Wildman–Crippen LogP) is 3.88. The molecule has 156 valence electrons. The van der Waals surface area contributed by atoms with Gasteiger partial charge in [-0.05, 0) is 42.0 Å². The second kappa shape index (κ2) is 8.68. The molecule has 0 atom stereocenters. The Morgan fingerprint density at radius 2 is 1.77 bits per heavy atom. The summed E-state index contributed by atoms with van der Waals surface area (Å²) in [4.78, 5) is 12.2. The van der Waals surface area contributed by atoms with Crippen molar-refractivity contribution in [3.05, 3.63) is 65.4 Å². The van der Waals surface area contributed by atoms with Gasteiger partial charge in [0.05, 0.1) is 31.7 Å². The summed E-state index contributed by atoms with van der Waals surface area (Å²) in [5.41, 5.74) is 3.30. The maximum Gasteiger partial charge on any atom is 0.416 e. The molecule has 0 unspecified atom stereocenters. The van der Waals surface area contributed by atoms with E-state index in [1.165, 1.54) is 38.6 Å². The van der Waals surface area contributed by atoms with Crippen molar-refractivity contribution in [3.8, 4) is 22.8 Å². The van der Waals surface area contributed by atoms with Gasteiger partial charge in [-0.15, -0.1) is 0 Å². The van der Waals surface area contributed by atoms with Crippen LogP contribution in [0.5, 0.6) is 11.5 Å².